The van der Waals surface area contributed by atoms with Crippen LogP contribution in [0.15, 0.2) is 48.5 Å². The van der Waals surface area contributed by atoms with Crippen molar-refractivity contribution in [3.8, 4) is 5.75 Å². The van der Waals surface area contributed by atoms with Crippen molar-refractivity contribution in [3.05, 3.63) is 65.2 Å². The molecule has 0 heterocycles. The molecule has 0 radical (unpaired) electrons. The van der Waals surface area contributed by atoms with Crippen molar-refractivity contribution in [3.63, 3.8) is 0 Å². The number of ether oxygens (including phenoxy) is 1. The molecule has 0 bridgehead atoms. The molecule has 0 aliphatic carbocycles. The van der Waals surface area contributed by atoms with Gasteiger partial charge in [0.05, 0.1) is 13.7 Å². The SMILES string of the molecule is COc1ccccc1C(C)CC(=O)NCc1ccccc1CO. The predicted molar refractivity (Wildman–Crippen MR) is 90.2 cm³/mol. The lowest BCUT2D eigenvalue weighted by atomic mass is 9.96. The average Bonchev–Trinajstić information content (AvgIpc) is 2.60. The number of hydrogen-bond donors (Lipinski definition) is 2. The maximum Gasteiger partial charge on any atom is 0.220 e. The first-order valence-corrected chi connectivity index (χ1v) is 7.73. The Balaban J connectivity index is 1.94. The largest absolute Gasteiger partial charge is 0.496 e. The van der Waals surface area contributed by atoms with Crippen LogP contribution in [0.5, 0.6) is 5.75 Å². The van der Waals surface area contributed by atoms with Crippen molar-refractivity contribution in [1.29, 1.82) is 0 Å². The number of para-hydroxylation sites is 1. The number of benzene rings is 2. The quantitative estimate of drug-likeness (QED) is 0.826. The van der Waals surface area contributed by atoms with Crippen LogP contribution in [0.4, 0.5) is 0 Å². The Morgan fingerprint density at radius 3 is 2.48 bits per heavy atom. The summed E-state index contributed by atoms with van der Waals surface area (Å²) in [5.41, 5.74) is 2.81. The third-order valence-electron chi connectivity index (χ3n) is 3.93. The predicted octanol–water partition coefficient (Wildman–Crippen LogP) is 3.00. The van der Waals surface area contributed by atoms with Crippen LogP contribution in [0.25, 0.3) is 0 Å². The first-order valence-electron chi connectivity index (χ1n) is 7.73. The Morgan fingerprint density at radius 1 is 1.13 bits per heavy atom. The Hall–Kier alpha value is -2.33. The number of nitrogens with one attached hydrogen (secondary N) is 1. The summed E-state index contributed by atoms with van der Waals surface area (Å²) in [6, 6.07) is 15.3. The highest BCUT2D eigenvalue weighted by Gasteiger charge is 2.15. The number of rotatable bonds is 7. The normalized spacial score (nSPS) is 11.8. The van der Waals surface area contributed by atoms with Gasteiger partial charge in [0.25, 0.3) is 0 Å². The fourth-order valence-electron chi connectivity index (χ4n) is 2.61. The van der Waals surface area contributed by atoms with E-state index < -0.39 is 0 Å². The highest BCUT2D eigenvalue weighted by molar-refractivity contribution is 5.77. The van der Waals surface area contributed by atoms with E-state index in [4.69, 9.17) is 4.74 Å². The molecule has 0 fully saturated rings. The zero-order chi connectivity index (χ0) is 16.7. The maximum absolute atomic E-state index is 12.2. The van der Waals surface area contributed by atoms with E-state index in [1.54, 1.807) is 7.11 Å². The minimum Gasteiger partial charge on any atom is -0.496 e. The standard InChI is InChI=1S/C19H23NO3/c1-14(17-9-5-6-10-18(17)23-2)11-19(22)20-12-15-7-3-4-8-16(15)13-21/h3-10,14,21H,11-13H2,1-2H3,(H,20,22). The number of carbonyl (C=O) groups excluding carboxylic acids is 1. The third kappa shape index (κ3) is 4.57. The van der Waals surface area contributed by atoms with E-state index in [2.05, 4.69) is 5.32 Å². The molecule has 122 valence electrons. The maximum atomic E-state index is 12.2. The smallest absolute Gasteiger partial charge is 0.220 e. The number of carbonyl (C=O) groups is 1. The summed E-state index contributed by atoms with van der Waals surface area (Å²) in [5, 5.41) is 12.2. The molecule has 0 aliphatic heterocycles. The molecule has 4 nitrogen and oxygen atoms in total. The van der Waals surface area contributed by atoms with Crippen LogP contribution in [0, 0.1) is 0 Å². The van der Waals surface area contributed by atoms with Crippen LogP contribution in [0.3, 0.4) is 0 Å². The molecule has 2 rings (SSSR count). The second kappa shape index (κ2) is 8.34. The Kier molecular flexibility index (Phi) is 6.18. The van der Waals surface area contributed by atoms with Crippen LogP contribution in [0.1, 0.15) is 36.0 Å². The van der Waals surface area contributed by atoms with E-state index in [-0.39, 0.29) is 18.4 Å². The summed E-state index contributed by atoms with van der Waals surface area (Å²) < 4.78 is 5.35. The van der Waals surface area contributed by atoms with Crippen molar-refractivity contribution in [2.75, 3.05) is 7.11 Å². The lowest BCUT2D eigenvalue weighted by Crippen LogP contribution is -2.24. The van der Waals surface area contributed by atoms with E-state index in [9.17, 15) is 9.90 Å². The summed E-state index contributed by atoms with van der Waals surface area (Å²) >= 11 is 0. The lowest BCUT2D eigenvalue weighted by molar-refractivity contribution is -0.121. The fourth-order valence-corrected chi connectivity index (χ4v) is 2.61. The Morgan fingerprint density at radius 2 is 1.78 bits per heavy atom. The Labute approximate surface area is 137 Å². The van der Waals surface area contributed by atoms with Crippen molar-refractivity contribution in [2.24, 2.45) is 0 Å². The van der Waals surface area contributed by atoms with Crippen LogP contribution in [-0.2, 0) is 17.9 Å². The number of methoxy groups -OCH3 is 1. The van der Waals surface area contributed by atoms with Crippen LogP contribution in [0.2, 0.25) is 0 Å². The molecule has 0 aliphatic rings. The monoisotopic (exact) mass is 313 g/mol. The Bertz CT molecular complexity index is 655. The van der Waals surface area contributed by atoms with Crippen molar-refractivity contribution in [1.82, 2.24) is 5.32 Å². The second-order valence-electron chi connectivity index (χ2n) is 5.55. The van der Waals surface area contributed by atoms with Gasteiger partial charge in [0, 0.05) is 13.0 Å². The van der Waals surface area contributed by atoms with Crippen molar-refractivity contribution in [2.45, 2.75) is 32.4 Å². The summed E-state index contributed by atoms with van der Waals surface area (Å²) in [7, 11) is 1.64. The molecule has 23 heavy (non-hydrogen) atoms. The van der Waals surface area contributed by atoms with Gasteiger partial charge in [-0.05, 0) is 28.7 Å². The average molecular weight is 313 g/mol. The summed E-state index contributed by atoms with van der Waals surface area (Å²) in [6.45, 7) is 2.41. The van der Waals surface area contributed by atoms with E-state index in [1.165, 1.54) is 0 Å². The molecule has 0 spiro atoms. The first kappa shape index (κ1) is 17.0. The van der Waals surface area contributed by atoms with E-state index >= 15 is 0 Å². The number of hydrogen-bond acceptors (Lipinski definition) is 3. The van der Waals surface area contributed by atoms with Crippen molar-refractivity contribution < 1.29 is 14.6 Å². The van der Waals surface area contributed by atoms with Crippen molar-refractivity contribution >= 4 is 5.91 Å². The number of amides is 1. The summed E-state index contributed by atoms with van der Waals surface area (Å²) in [5.74, 6) is 0.855. The van der Waals surface area contributed by atoms with E-state index in [0.29, 0.717) is 13.0 Å². The van der Waals surface area contributed by atoms with E-state index in [1.807, 2.05) is 55.5 Å². The molecule has 0 aromatic heterocycles. The molecule has 0 saturated heterocycles. The lowest BCUT2D eigenvalue weighted by Gasteiger charge is -2.16. The van der Waals surface area contributed by atoms with E-state index in [0.717, 1.165) is 22.4 Å². The van der Waals surface area contributed by atoms with Gasteiger partial charge in [-0.15, -0.1) is 0 Å². The minimum atomic E-state index is -0.0241. The number of aliphatic hydroxyl groups is 1. The number of aliphatic hydroxyl groups excluding tert-OH is 1. The molecular weight excluding hydrogens is 290 g/mol. The molecule has 1 atom stereocenters. The van der Waals surface area contributed by atoms with Gasteiger partial charge >= 0.3 is 0 Å². The van der Waals surface area contributed by atoms with Gasteiger partial charge < -0.3 is 15.2 Å². The molecule has 2 aromatic carbocycles. The highest BCUT2D eigenvalue weighted by Crippen LogP contribution is 2.28. The van der Waals surface area contributed by atoms with Gasteiger partial charge in [-0.1, -0.05) is 49.4 Å². The molecule has 2 N–H and O–H groups in total. The molecular formula is C19H23NO3. The van der Waals surface area contributed by atoms with Crippen LogP contribution < -0.4 is 10.1 Å². The minimum absolute atomic E-state index is 0.0175. The molecule has 1 unspecified atom stereocenters. The van der Waals surface area contributed by atoms with Gasteiger partial charge in [0.15, 0.2) is 0 Å². The molecule has 4 heteroatoms. The van der Waals surface area contributed by atoms with Gasteiger partial charge in [0.2, 0.25) is 5.91 Å². The topological polar surface area (TPSA) is 58.6 Å². The van der Waals surface area contributed by atoms with Crippen LogP contribution in [-0.4, -0.2) is 18.1 Å². The van der Waals surface area contributed by atoms with Gasteiger partial charge in [-0.2, -0.15) is 0 Å². The molecule has 2 aromatic rings. The fraction of sp³-hybridized carbons (Fsp3) is 0.316. The summed E-state index contributed by atoms with van der Waals surface area (Å²) in [4.78, 5) is 12.2. The van der Waals surface area contributed by atoms with Gasteiger partial charge in [-0.25, -0.2) is 0 Å². The second-order valence-corrected chi connectivity index (χ2v) is 5.55. The summed E-state index contributed by atoms with van der Waals surface area (Å²) in [6.07, 6.45) is 0.391. The van der Waals surface area contributed by atoms with Gasteiger partial charge in [-0.3, -0.25) is 4.79 Å². The third-order valence-corrected chi connectivity index (χ3v) is 3.93. The molecule has 1 amide bonds. The zero-order valence-electron chi connectivity index (χ0n) is 13.6. The first-order chi connectivity index (χ1) is 11.2. The molecule has 0 saturated carbocycles. The zero-order valence-corrected chi connectivity index (χ0v) is 13.6. The van der Waals surface area contributed by atoms with Crippen LogP contribution >= 0.6 is 0 Å². The van der Waals surface area contributed by atoms with Gasteiger partial charge in [0.1, 0.15) is 5.75 Å². The highest BCUT2D eigenvalue weighted by atomic mass is 16.5.